The molecule has 0 fully saturated rings. The van der Waals surface area contributed by atoms with Gasteiger partial charge in [-0.25, -0.2) is 0 Å². The fraction of sp³-hybridized carbons (Fsp3) is 0.294. The molecule has 0 aliphatic heterocycles. The van der Waals surface area contributed by atoms with Gasteiger partial charge < -0.3 is 5.11 Å². The number of alkyl halides is 5. The molecular weight excluding hydrogens is 315 g/mol. The second-order valence-corrected chi connectivity index (χ2v) is 5.47. The highest BCUT2D eigenvalue weighted by molar-refractivity contribution is 5.44. The third-order valence-electron chi connectivity index (χ3n) is 3.78. The van der Waals surface area contributed by atoms with Crippen LogP contribution in [0.5, 0.6) is 0 Å². The van der Waals surface area contributed by atoms with Gasteiger partial charge in [-0.1, -0.05) is 54.1 Å². The van der Waals surface area contributed by atoms with Crippen LogP contribution >= 0.6 is 0 Å². The maximum absolute atomic E-state index is 14.3. The first-order valence-corrected chi connectivity index (χ1v) is 6.82. The van der Waals surface area contributed by atoms with Gasteiger partial charge in [-0.2, -0.15) is 22.0 Å². The summed E-state index contributed by atoms with van der Waals surface area (Å²) >= 11 is 0. The molecule has 0 heterocycles. The quantitative estimate of drug-likeness (QED) is 0.806. The first kappa shape index (κ1) is 17.4. The number of benzene rings is 2. The first-order chi connectivity index (χ1) is 10.5. The van der Waals surface area contributed by atoms with Crippen molar-refractivity contribution in [3.8, 4) is 0 Å². The van der Waals surface area contributed by atoms with Crippen molar-refractivity contribution in [2.45, 2.75) is 31.5 Å². The normalized spacial score (nSPS) is 15.3. The molecule has 1 nitrogen and oxygen atoms in total. The van der Waals surface area contributed by atoms with Crippen molar-refractivity contribution < 1.29 is 27.1 Å². The molecule has 0 bridgehead atoms. The number of hydrogen-bond donors (Lipinski definition) is 1. The molecule has 2 aromatic rings. The summed E-state index contributed by atoms with van der Waals surface area (Å²) in [4.78, 5) is 0. The lowest BCUT2D eigenvalue weighted by Gasteiger charge is -2.38. The number of hydrogen-bond acceptors (Lipinski definition) is 1. The van der Waals surface area contributed by atoms with Crippen molar-refractivity contribution in [2.24, 2.45) is 0 Å². The van der Waals surface area contributed by atoms with Crippen LogP contribution < -0.4 is 0 Å². The highest BCUT2D eigenvalue weighted by Crippen LogP contribution is 2.52. The van der Waals surface area contributed by atoms with E-state index in [2.05, 4.69) is 0 Å². The maximum atomic E-state index is 14.3. The molecule has 23 heavy (non-hydrogen) atoms. The van der Waals surface area contributed by atoms with Gasteiger partial charge in [0.05, 0.1) is 0 Å². The van der Waals surface area contributed by atoms with E-state index in [1.54, 1.807) is 13.0 Å². The average molecular weight is 330 g/mol. The number of aryl methyl sites for hydroxylation is 2. The van der Waals surface area contributed by atoms with Gasteiger partial charge in [0.15, 0.2) is 5.60 Å². The van der Waals surface area contributed by atoms with Crippen LogP contribution in [0.2, 0.25) is 0 Å². The SMILES string of the molecule is Cc1cccc(C(O)(c2ccccc2C)C(F)(F)C(F)(F)F)c1. The zero-order chi connectivity index (χ0) is 17.5. The van der Waals surface area contributed by atoms with Gasteiger partial charge in [0, 0.05) is 0 Å². The van der Waals surface area contributed by atoms with Crippen molar-refractivity contribution in [2.75, 3.05) is 0 Å². The minimum absolute atomic E-state index is 0.139. The van der Waals surface area contributed by atoms with Crippen LogP contribution in [0.4, 0.5) is 22.0 Å². The predicted octanol–water partition coefficient (Wildman–Crippen LogP) is 4.74. The summed E-state index contributed by atoms with van der Waals surface area (Å²) in [5, 5.41) is 10.7. The molecule has 0 radical (unpaired) electrons. The maximum Gasteiger partial charge on any atom is 0.457 e. The van der Waals surface area contributed by atoms with Crippen molar-refractivity contribution in [1.82, 2.24) is 0 Å². The van der Waals surface area contributed by atoms with Crippen LogP contribution in [-0.4, -0.2) is 17.2 Å². The van der Waals surface area contributed by atoms with E-state index in [1.165, 1.54) is 31.2 Å². The Morgan fingerprint density at radius 3 is 1.96 bits per heavy atom. The molecule has 0 aliphatic carbocycles. The highest BCUT2D eigenvalue weighted by Gasteiger charge is 2.71. The summed E-state index contributed by atoms with van der Waals surface area (Å²) in [6.07, 6.45) is -5.91. The summed E-state index contributed by atoms with van der Waals surface area (Å²) in [5.74, 6) is -5.36. The largest absolute Gasteiger partial charge is 0.457 e. The van der Waals surface area contributed by atoms with E-state index in [1.807, 2.05) is 0 Å². The first-order valence-electron chi connectivity index (χ1n) is 6.82. The molecule has 1 atom stereocenters. The Morgan fingerprint density at radius 2 is 1.43 bits per heavy atom. The summed E-state index contributed by atoms with van der Waals surface area (Å²) in [6.45, 7) is 2.93. The Balaban J connectivity index is 2.83. The van der Waals surface area contributed by atoms with Crippen LogP contribution in [0.25, 0.3) is 0 Å². The summed E-state index contributed by atoms with van der Waals surface area (Å²) in [7, 11) is 0. The summed E-state index contributed by atoms with van der Waals surface area (Å²) < 4.78 is 67.6. The van der Waals surface area contributed by atoms with Gasteiger partial charge in [0.2, 0.25) is 0 Å². The lowest BCUT2D eigenvalue weighted by molar-refractivity contribution is -0.336. The van der Waals surface area contributed by atoms with Gasteiger partial charge >= 0.3 is 12.1 Å². The highest BCUT2D eigenvalue weighted by atomic mass is 19.4. The predicted molar refractivity (Wildman–Crippen MR) is 76.4 cm³/mol. The molecule has 0 amide bonds. The number of rotatable bonds is 3. The molecule has 0 aromatic heterocycles. The van der Waals surface area contributed by atoms with E-state index in [0.29, 0.717) is 5.56 Å². The van der Waals surface area contributed by atoms with E-state index in [-0.39, 0.29) is 5.56 Å². The topological polar surface area (TPSA) is 20.2 Å². The van der Waals surface area contributed by atoms with E-state index in [9.17, 15) is 27.1 Å². The van der Waals surface area contributed by atoms with Crippen molar-refractivity contribution in [3.05, 3.63) is 70.8 Å². The third-order valence-corrected chi connectivity index (χ3v) is 3.78. The molecule has 2 rings (SSSR count). The zero-order valence-corrected chi connectivity index (χ0v) is 12.5. The van der Waals surface area contributed by atoms with Crippen LogP contribution in [0.15, 0.2) is 48.5 Å². The third kappa shape index (κ3) is 2.72. The van der Waals surface area contributed by atoms with Crippen LogP contribution in [0, 0.1) is 13.8 Å². The van der Waals surface area contributed by atoms with Crippen LogP contribution in [0.1, 0.15) is 22.3 Å². The van der Waals surface area contributed by atoms with E-state index < -0.39 is 28.8 Å². The smallest absolute Gasteiger partial charge is 0.374 e. The van der Waals surface area contributed by atoms with Gasteiger partial charge in [-0.15, -0.1) is 0 Å². The Bertz CT molecular complexity index is 708. The Kier molecular flexibility index (Phi) is 4.24. The molecule has 6 heteroatoms. The standard InChI is InChI=1S/C17H15F5O/c1-11-6-5-8-13(10-11)15(23,16(18,19)17(20,21)22)14-9-4-3-7-12(14)2/h3-10,23H,1-2H3. The van der Waals surface area contributed by atoms with Crippen LogP contribution in [-0.2, 0) is 5.60 Å². The number of halogens is 5. The van der Waals surface area contributed by atoms with Gasteiger partial charge in [0.1, 0.15) is 0 Å². The molecule has 124 valence electrons. The van der Waals surface area contributed by atoms with Crippen LogP contribution in [0.3, 0.4) is 0 Å². The summed E-state index contributed by atoms with van der Waals surface area (Å²) in [5.41, 5.74) is -3.89. The minimum Gasteiger partial charge on any atom is -0.374 e. The monoisotopic (exact) mass is 330 g/mol. The molecule has 0 saturated carbocycles. The van der Waals surface area contributed by atoms with Gasteiger partial charge in [-0.05, 0) is 30.5 Å². The Hall–Kier alpha value is -1.95. The molecule has 1 N–H and O–H groups in total. The molecule has 0 spiro atoms. The van der Waals surface area contributed by atoms with E-state index in [0.717, 1.165) is 18.2 Å². The van der Waals surface area contributed by atoms with Gasteiger partial charge in [0.25, 0.3) is 0 Å². The Morgan fingerprint density at radius 1 is 0.826 bits per heavy atom. The molecule has 2 aromatic carbocycles. The lowest BCUT2D eigenvalue weighted by atomic mass is 9.78. The zero-order valence-electron chi connectivity index (χ0n) is 12.5. The van der Waals surface area contributed by atoms with Crippen molar-refractivity contribution in [3.63, 3.8) is 0 Å². The fourth-order valence-corrected chi connectivity index (χ4v) is 2.56. The Labute approximate surface area is 130 Å². The van der Waals surface area contributed by atoms with E-state index >= 15 is 0 Å². The second-order valence-electron chi connectivity index (χ2n) is 5.47. The average Bonchev–Trinajstić information content (AvgIpc) is 2.45. The molecule has 0 aliphatic rings. The van der Waals surface area contributed by atoms with Gasteiger partial charge in [-0.3, -0.25) is 0 Å². The number of aliphatic hydroxyl groups is 1. The van der Waals surface area contributed by atoms with Crippen molar-refractivity contribution in [1.29, 1.82) is 0 Å². The minimum atomic E-state index is -5.91. The fourth-order valence-electron chi connectivity index (χ4n) is 2.56. The molecular formula is C17H15F5O. The lowest BCUT2D eigenvalue weighted by Crippen LogP contribution is -2.55. The second kappa shape index (κ2) is 5.60. The van der Waals surface area contributed by atoms with E-state index in [4.69, 9.17) is 0 Å². The van der Waals surface area contributed by atoms with Crippen molar-refractivity contribution >= 4 is 0 Å². The summed E-state index contributed by atoms with van der Waals surface area (Å²) in [6, 6.07) is 10.4. The molecule has 1 unspecified atom stereocenters. The molecule has 0 saturated heterocycles.